The predicted molar refractivity (Wildman–Crippen MR) is 106 cm³/mol. The van der Waals surface area contributed by atoms with Gasteiger partial charge >= 0.3 is 0 Å². The molecule has 3 aliphatic rings. The van der Waals surface area contributed by atoms with E-state index in [0.717, 1.165) is 5.56 Å². The number of rotatable bonds is 2. The van der Waals surface area contributed by atoms with E-state index in [-0.39, 0.29) is 35.5 Å². The fourth-order valence-electron chi connectivity index (χ4n) is 4.99. The van der Waals surface area contributed by atoms with Crippen molar-refractivity contribution < 1.29 is 9.59 Å². The zero-order chi connectivity index (χ0) is 18.7. The molecule has 0 unspecified atom stereocenters. The van der Waals surface area contributed by atoms with E-state index in [9.17, 15) is 9.59 Å². The van der Waals surface area contributed by atoms with Crippen molar-refractivity contribution in [2.75, 3.05) is 4.90 Å². The van der Waals surface area contributed by atoms with Crippen LogP contribution in [0.5, 0.6) is 0 Å². The van der Waals surface area contributed by atoms with Gasteiger partial charge < -0.3 is 0 Å². The van der Waals surface area contributed by atoms with Gasteiger partial charge in [0.1, 0.15) is 0 Å². The second-order valence-corrected chi connectivity index (χ2v) is 7.80. The summed E-state index contributed by atoms with van der Waals surface area (Å²) < 4.78 is 0. The number of amides is 2. The van der Waals surface area contributed by atoms with Crippen LogP contribution in [0.3, 0.4) is 0 Å². The molecule has 1 heterocycles. The zero-order valence-electron chi connectivity index (χ0n) is 14.8. The Morgan fingerprint density at radius 2 is 1.41 bits per heavy atom. The number of benzene rings is 2. The summed E-state index contributed by atoms with van der Waals surface area (Å²) in [4.78, 5) is 27.8. The number of hydrogen-bond acceptors (Lipinski definition) is 2. The van der Waals surface area contributed by atoms with Crippen LogP contribution in [-0.4, -0.2) is 11.8 Å². The van der Waals surface area contributed by atoms with Crippen LogP contribution in [0.2, 0.25) is 5.02 Å². The molecule has 2 fully saturated rings. The van der Waals surface area contributed by atoms with Crippen LogP contribution in [0.15, 0.2) is 72.3 Å². The number of allylic oxidation sites excluding steroid dienone is 4. The van der Waals surface area contributed by atoms with Crippen molar-refractivity contribution in [2.24, 2.45) is 23.7 Å². The molecule has 5 rings (SSSR count). The van der Waals surface area contributed by atoms with Crippen LogP contribution in [0, 0.1) is 23.7 Å². The maximum atomic E-state index is 13.2. The van der Waals surface area contributed by atoms with Crippen molar-refractivity contribution in [1.29, 1.82) is 0 Å². The van der Waals surface area contributed by atoms with Gasteiger partial charge in [-0.25, -0.2) is 4.90 Å². The van der Waals surface area contributed by atoms with E-state index in [0.29, 0.717) is 10.7 Å². The van der Waals surface area contributed by atoms with Crippen LogP contribution < -0.4 is 4.90 Å². The molecular weight excluding hydrogens is 358 g/mol. The van der Waals surface area contributed by atoms with Crippen LogP contribution in [0.1, 0.15) is 12.5 Å². The van der Waals surface area contributed by atoms with Gasteiger partial charge in [-0.15, -0.1) is 0 Å². The van der Waals surface area contributed by atoms with E-state index in [1.165, 1.54) is 16.0 Å². The first kappa shape index (κ1) is 16.5. The van der Waals surface area contributed by atoms with E-state index in [1.54, 1.807) is 24.3 Å². The number of anilines is 1. The maximum Gasteiger partial charge on any atom is 0.238 e. The van der Waals surface area contributed by atoms with Gasteiger partial charge in [0.2, 0.25) is 11.8 Å². The molecule has 0 aromatic heterocycles. The van der Waals surface area contributed by atoms with Crippen molar-refractivity contribution in [1.82, 2.24) is 0 Å². The van der Waals surface area contributed by atoms with Crippen LogP contribution in [0.4, 0.5) is 5.69 Å². The molecule has 3 nitrogen and oxygen atoms in total. The largest absolute Gasteiger partial charge is 0.274 e. The van der Waals surface area contributed by atoms with Crippen LogP contribution in [-0.2, 0) is 9.59 Å². The minimum Gasteiger partial charge on any atom is -0.274 e. The van der Waals surface area contributed by atoms with Gasteiger partial charge in [-0.05, 0) is 30.2 Å². The highest BCUT2D eigenvalue weighted by Gasteiger charge is 2.62. The Bertz CT molecular complexity index is 990. The maximum absolute atomic E-state index is 13.2. The molecule has 27 heavy (non-hydrogen) atoms. The van der Waals surface area contributed by atoms with Gasteiger partial charge in [0.15, 0.2) is 0 Å². The van der Waals surface area contributed by atoms with Crippen LogP contribution in [0.25, 0.3) is 5.57 Å². The first-order valence-electron chi connectivity index (χ1n) is 9.16. The van der Waals surface area contributed by atoms with Gasteiger partial charge in [0.25, 0.3) is 0 Å². The summed E-state index contributed by atoms with van der Waals surface area (Å²) in [6.45, 7) is 2.10. The molecule has 1 saturated carbocycles. The Morgan fingerprint density at radius 1 is 0.852 bits per heavy atom. The first-order valence-corrected chi connectivity index (χ1v) is 9.54. The SMILES string of the molecule is CC(=C1[C@H]2C=C[C@H]1[C@@H]1C(=O)N(c3ccccc3Cl)C(=O)[C@H]12)c1ccccc1. The number of para-hydroxylation sites is 1. The molecule has 2 bridgehead atoms. The summed E-state index contributed by atoms with van der Waals surface area (Å²) in [6.07, 6.45) is 4.21. The third kappa shape index (κ3) is 2.21. The second-order valence-electron chi connectivity index (χ2n) is 7.40. The number of carbonyl (C=O) groups is 2. The summed E-state index contributed by atoms with van der Waals surface area (Å²) in [7, 11) is 0. The zero-order valence-corrected chi connectivity index (χ0v) is 15.6. The molecule has 2 aliphatic carbocycles. The number of carbonyl (C=O) groups excluding carboxylic acids is 2. The number of imide groups is 1. The molecule has 0 spiro atoms. The molecule has 1 saturated heterocycles. The lowest BCUT2D eigenvalue weighted by Crippen LogP contribution is -2.33. The van der Waals surface area contributed by atoms with Crippen molar-refractivity contribution >= 4 is 34.7 Å². The van der Waals surface area contributed by atoms with E-state index in [2.05, 4.69) is 31.2 Å². The van der Waals surface area contributed by atoms with Gasteiger partial charge in [-0.1, -0.05) is 71.8 Å². The summed E-state index contributed by atoms with van der Waals surface area (Å²) in [5.74, 6) is -0.926. The Labute approximate surface area is 162 Å². The lowest BCUT2D eigenvalue weighted by atomic mass is 9.85. The summed E-state index contributed by atoms with van der Waals surface area (Å²) in [5, 5.41) is 0.427. The fourth-order valence-corrected chi connectivity index (χ4v) is 5.21. The predicted octanol–water partition coefficient (Wildman–Crippen LogP) is 4.74. The molecule has 0 radical (unpaired) electrons. The molecule has 0 N–H and O–H groups in total. The highest BCUT2D eigenvalue weighted by Crippen LogP contribution is 2.58. The smallest absolute Gasteiger partial charge is 0.238 e. The fraction of sp³-hybridized carbons (Fsp3) is 0.217. The van der Waals surface area contributed by atoms with E-state index in [1.807, 2.05) is 18.2 Å². The van der Waals surface area contributed by atoms with Gasteiger partial charge in [0.05, 0.1) is 22.5 Å². The summed E-state index contributed by atoms with van der Waals surface area (Å²) >= 11 is 6.27. The van der Waals surface area contributed by atoms with Crippen molar-refractivity contribution in [3.05, 3.63) is 82.9 Å². The topological polar surface area (TPSA) is 37.4 Å². The van der Waals surface area contributed by atoms with Gasteiger partial charge in [-0.3, -0.25) is 9.59 Å². The van der Waals surface area contributed by atoms with Gasteiger partial charge in [0, 0.05) is 11.8 Å². The average molecular weight is 376 g/mol. The average Bonchev–Trinajstić information content (AvgIpc) is 3.33. The molecule has 2 aromatic rings. The lowest BCUT2D eigenvalue weighted by Gasteiger charge is -2.20. The van der Waals surface area contributed by atoms with E-state index < -0.39 is 0 Å². The van der Waals surface area contributed by atoms with Crippen molar-refractivity contribution in [2.45, 2.75) is 6.92 Å². The molecule has 134 valence electrons. The van der Waals surface area contributed by atoms with E-state index in [4.69, 9.17) is 11.6 Å². The molecule has 2 aromatic carbocycles. The Hall–Kier alpha value is -2.65. The summed E-state index contributed by atoms with van der Waals surface area (Å²) in [6, 6.07) is 17.2. The highest BCUT2D eigenvalue weighted by molar-refractivity contribution is 6.36. The lowest BCUT2D eigenvalue weighted by molar-refractivity contribution is -0.122. The van der Waals surface area contributed by atoms with Crippen LogP contribution >= 0.6 is 11.6 Å². The number of fused-ring (bicyclic) bond motifs is 5. The standard InChI is InChI=1S/C23H18ClNO2/c1-13(14-7-3-2-4-8-14)19-15-11-12-16(19)21-20(15)22(26)25(23(21)27)18-10-6-5-9-17(18)24/h2-12,15-16,20-21H,1H3/t15-,16-,20+,21+/m1/s1. The third-order valence-electron chi connectivity index (χ3n) is 6.15. The monoisotopic (exact) mass is 375 g/mol. The molecule has 2 amide bonds. The quantitative estimate of drug-likeness (QED) is 0.562. The highest BCUT2D eigenvalue weighted by atomic mass is 35.5. The molecule has 4 atom stereocenters. The third-order valence-corrected chi connectivity index (χ3v) is 6.47. The normalized spacial score (nSPS) is 28.2. The van der Waals surface area contributed by atoms with Crippen molar-refractivity contribution in [3.63, 3.8) is 0 Å². The summed E-state index contributed by atoms with van der Waals surface area (Å²) in [5.41, 5.74) is 4.04. The first-order chi connectivity index (χ1) is 13.1. The molecule has 4 heteroatoms. The molecule has 1 aliphatic heterocycles. The Balaban J connectivity index is 1.58. The number of nitrogens with zero attached hydrogens (tertiary/aromatic N) is 1. The molecular formula is C23H18ClNO2. The van der Waals surface area contributed by atoms with Gasteiger partial charge in [-0.2, -0.15) is 0 Å². The Kier molecular flexibility index (Phi) is 3.63. The Morgan fingerprint density at radius 3 is 2.00 bits per heavy atom. The minimum absolute atomic E-state index is 0.0101. The number of hydrogen-bond donors (Lipinski definition) is 0. The minimum atomic E-state index is -0.322. The van der Waals surface area contributed by atoms with E-state index >= 15 is 0 Å². The van der Waals surface area contributed by atoms with Crippen molar-refractivity contribution in [3.8, 4) is 0 Å². The number of halogens is 1. The second kappa shape index (κ2) is 5.93.